The molecule has 0 atom stereocenters. The third-order valence-corrected chi connectivity index (χ3v) is 6.53. The molecule has 1 saturated heterocycles. The van der Waals surface area contributed by atoms with E-state index in [0.717, 1.165) is 21.9 Å². The van der Waals surface area contributed by atoms with E-state index >= 15 is 0 Å². The molecule has 1 fully saturated rings. The van der Waals surface area contributed by atoms with E-state index in [0.29, 0.717) is 26.1 Å². The van der Waals surface area contributed by atoms with Crippen molar-refractivity contribution in [3.05, 3.63) is 83.4 Å². The van der Waals surface area contributed by atoms with Crippen LogP contribution in [0.2, 0.25) is 0 Å². The average Bonchev–Trinajstić information content (AvgIpc) is 3.14. The molecule has 0 aliphatic carbocycles. The lowest BCUT2D eigenvalue weighted by atomic mass is 9.75. The molecular weight excluding hydrogens is 383 g/mol. The van der Waals surface area contributed by atoms with Gasteiger partial charge in [0.05, 0.1) is 11.5 Å². The summed E-state index contributed by atoms with van der Waals surface area (Å²) in [6.45, 7) is 4.00. The fourth-order valence-corrected chi connectivity index (χ4v) is 4.66. The number of benzene rings is 2. The van der Waals surface area contributed by atoms with Crippen LogP contribution in [0.3, 0.4) is 0 Å². The van der Waals surface area contributed by atoms with E-state index in [1.807, 2.05) is 12.1 Å². The molecule has 0 bridgehead atoms. The zero-order valence-corrected chi connectivity index (χ0v) is 17.2. The second kappa shape index (κ2) is 8.44. The van der Waals surface area contributed by atoms with Crippen molar-refractivity contribution in [3.8, 4) is 6.07 Å². The van der Waals surface area contributed by atoms with Gasteiger partial charge in [-0.05, 0) is 73.4 Å². The summed E-state index contributed by atoms with van der Waals surface area (Å²) >= 11 is 1.52. The minimum absolute atomic E-state index is 0.300. The zero-order valence-electron chi connectivity index (χ0n) is 16.4. The Morgan fingerprint density at radius 2 is 1.86 bits per heavy atom. The molecule has 0 amide bonds. The van der Waals surface area contributed by atoms with Gasteiger partial charge in [0.15, 0.2) is 0 Å². The number of nitrogens with zero attached hydrogens (tertiary/aromatic N) is 2. The molecule has 3 nitrogen and oxygen atoms in total. The largest absolute Gasteiger partial charge is 0.381 e. The van der Waals surface area contributed by atoms with Crippen molar-refractivity contribution in [2.45, 2.75) is 41.5 Å². The maximum absolute atomic E-state index is 14.3. The van der Waals surface area contributed by atoms with Gasteiger partial charge in [-0.1, -0.05) is 23.9 Å². The second-order valence-electron chi connectivity index (χ2n) is 7.51. The molecule has 5 heteroatoms. The van der Waals surface area contributed by atoms with Crippen molar-refractivity contribution >= 4 is 11.8 Å². The molecule has 0 unspecified atom stereocenters. The first-order valence-electron chi connectivity index (χ1n) is 9.77. The Hall–Kier alpha value is -2.55. The van der Waals surface area contributed by atoms with Gasteiger partial charge >= 0.3 is 0 Å². The molecule has 0 spiro atoms. The van der Waals surface area contributed by atoms with Gasteiger partial charge in [0.2, 0.25) is 0 Å². The Morgan fingerprint density at radius 3 is 2.52 bits per heavy atom. The highest BCUT2D eigenvalue weighted by Gasteiger charge is 2.35. The monoisotopic (exact) mass is 406 g/mol. The number of halogens is 1. The summed E-state index contributed by atoms with van der Waals surface area (Å²) in [4.78, 5) is 1.86. The fourth-order valence-electron chi connectivity index (χ4n) is 3.76. The van der Waals surface area contributed by atoms with Gasteiger partial charge in [0.1, 0.15) is 5.82 Å². The molecule has 29 heavy (non-hydrogen) atoms. The highest BCUT2D eigenvalue weighted by atomic mass is 32.2. The van der Waals surface area contributed by atoms with Crippen LogP contribution in [0.5, 0.6) is 0 Å². The Kier molecular flexibility index (Phi) is 5.75. The minimum Gasteiger partial charge on any atom is -0.381 e. The van der Waals surface area contributed by atoms with E-state index in [1.165, 1.54) is 35.2 Å². The van der Waals surface area contributed by atoms with Crippen LogP contribution >= 0.6 is 11.8 Å². The predicted molar refractivity (Wildman–Crippen MR) is 113 cm³/mol. The van der Waals surface area contributed by atoms with Crippen LogP contribution < -0.4 is 0 Å². The molecule has 3 aromatic rings. The third kappa shape index (κ3) is 4.39. The zero-order chi connectivity index (χ0) is 20.3. The highest BCUT2D eigenvalue weighted by molar-refractivity contribution is 7.99. The molecular formula is C24H23FN2OS. The SMILES string of the molecule is Cc1cccn1Cc1ccc(Sc2cc(F)cc(C3(C#N)CCOCC3)c2)cc1. The van der Waals surface area contributed by atoms with Crippen LogP contribution in [-0.4, -0.2) is 17.8 Å². The molecule has 0 saturated carbocycles. The molecule has 1 aliphatic heterocycles. The molecule has 4 rings (SSSR count). The lowest BCUT2D eigenvalue weighted by Gasteiger charge is -2.31. The molecule has 148 valence electrons. The summed E-state index contributed by atoms with van der Waals surface area (Å²) < 4.78 is 22.0. The van der Waals surface area contributed by atoms with E-state index in [4.69, 9.17) is 4.74 Å². The number of ether oxygens (including phenoxy) is 1. The number of aromatic nitrogens is 1. The van der Waals surface area contributed by atoms with Gasteiger partial charge in [-0.15, -0.1) is 0 Å². The normalized spacial score (nSPS) is 15.8. The van der Waals surface area contributed by atoms with E-state index in [2.05, 4.69) is 54.1 Å². The smallest absolute Gasteiger partial charge is 0.124 e. The summed E-state index contributed by atoms with van der Waals surface area (Å²) in [6.07, 6.45) is 3.28. The van der Waals surface area contributed by atoms with Crippen LogP contribution in [0.4, 0.5) is 4.39 Å². The number of hydrogen-bond acceptors (Lipinski definition) is 3. The molecule has 0 radical (unpaired) electrons. The van der Waals surface area contributed by atoms with Crippen molar-refractivity contribution < 1.29 is 9.13 Å². The summed E-state index contributed by atoms with van der Waals surface area (Å²) in [7, 11) is 0. The minimum atomic E-state index is -0.659. The predicted octanol–water partition coefficient (Wildman–Crippen LogP) is 5.71. The quantitative estimate of drug-likeness (QED) is 0.545. The number of nitriles is 1. The molecule has 0 N–H and O–H groups in total. The third-order valence-electron chi connectivity index (χ3n) is 5.55. The van der Waals surface area contributed by atoms with Crippen molar-refractivity contribution in [2.75, 3.05) is 13.2 Å². The van der Waals surface area contributed by atoms with Gasteiger partial charge in [0.25, 0.3) is 0 Å². The van der Waals surface area contributed by atoms with E-state index in [-0.39, 0.29) is 5.82 Å². The summed E-state index contributed by atoms with van der Waals surface area (Å²) in [5.74, 6) is -0.300. The maximum Gasteiger partial charge on any atom is 0.124 e. The van der Waals surface area contributed by atoms with Crippen LogP contribution in [0.15, 0.2) is 70.6 Å². The van der Waals surface area contributed by atoms with Gasteiger partial charge in [0, 0.05) is 41.4 Å². The van der Waals surface area contributed by atoms with Crippen LogP contribution in [0.25, 0.3) is 0 Å². The Labute approximate surface area is 175 Å². The van der Waals surface area contributed by atoms with Gasteiger partial charge in [-0.25, -0.2) is 4.39 Å². The van der Waals surface area contributed by atoms with E-state index < -0.39 is 5.41 Å². The Morgan fingerprint density at radius 1 is 1.10 bits per heavy atom. The van der Waals surface area contributed by atoms with E-state index in [1.54, 1.807) is 0 Å². The second-order valence-corrected chi connectivity index (χ2v) is 8.65. The Balaban J connectivity index is 1.53. The lowest BCUT2D eigenvalue weighted by Crippen LogP contribution is -2.32. The standard InChI is InChI=1S/C24H23FN2OS/c1-18-3-2-10-27(18)16-19-4-6-22(7-5-19)29-23-14-20(13-21(25)15-23)24(17-26)8-11-28-12-9-24/h2-7,10,13-15H,8-9,11-12,16H2,1H3. The average molecular weight is 407 g/mol. The molecule has 2 heterocycles. The van der Waals surface area contributed by atoms with E-state index in [9.17, 15) is 9.65 Å². The number of hydrogen-bond donors (Lipinski definition) is 0. The summed E-state index contributed by atoms with van der Waals surface area (Å²) in [5, 5.41) is 9.79. The van der Waals surface area contributed by atoms with Gasteiger partial charge < -0.3 is 9.30 Å². The first-order valence-corrected chi connectivity index (χ1v) is 10.6. The summed E-state index contributed by atoms with van der Waals surface area (Å²) in [5.41, 5.74) is 2.55. The fraction of sp³-hybridized carbons (Fsp3) is 0.292. The molecule has 2 aromatic carbocycles. The molecule has 1 aromatic heterocycles. The van der Waals surface area contributed by atoms with Crippen molar-refractivity contribution in [2.24, 2.45) is 0 Å². The topological polar surface area (TPSA) is 38.0 Å². The number of rotatable bonds is 5. The maximum atomic E-state index is 14.3. The van der Waals surface area contributed by atoms with Crippen LogP contribution in [-0.2, 0) is 16.7 Å². The molecule has 1 aliphatic rings. The van der Waals surface area contributed by atoms with Crippen molar-refractivity contribution in [1.29, 1.82) is 5.26 Å². The van der Waals surface area contributed by atoms with Crippen LogP contribution in [0.1, 0.15) is 29.7 Å². The van der Waals surface area contributed by atoms with Gasteiger partial charge in [-0.3, -0.25) is 0 Å². The van der Waals surface area contributed by atoms with Crippen molar-refractivity contribution in [3.63, 3.8) is 0 Å². The number of aryl methyl sites for hydroxylation is 1. The lowest BCUT2D eigenvalue weighted by molar-refractivity contribution is 0.0674. The van der Waals surface area contributed by atoms with Crippen LogP contribution in [0, 0.1) is 24.1 Å². The highest BCUT2D eigenvalue weighted by Crippen LogP contribution is 2.38. The first kappa shape index (κ1) is 19.8. The van der Waals surface area contributed by atoms with Gasteiger partial charge in [-0.2, -0.15) is 5.26 Å². The Bertz CT molecular complexity index is 1030. The first-order chi connectivity index (χ1) is 14.1. The van der Waals surface area contributed by atoms with Crippen molar-refractivity contribution in [1.82, 2.24) is 4.57 Å². The summed E-state index contributed by atoms with van der Waals surface area (Å²) in [6, 6.07) is 19.9.